The molecule has 0 aromatic heterocycles. The van der Waals surface area contributed by atoms with Crippen LogP contribution >= 0.6 is 15.9 Å². The van der Waals surface area contributed by atoms with E-state index in [0.29, 0.717) is 17.7 Å². The first kappa shape index (κ1) is 17.9. The molecule has 4 nitrogen and oxygen atoms in total. The zero-order valence-corrected chi connectivity index (χ0v) is 16.1. The van der Waals surface area contributed by atoms with Gasteiger partial charge in [0.2, 0.25) is 0 Å². The van der Waals surface area contributed by atoms with Gasteiger partial charge >= 0.3 is 5.97 Å². The van der Waals surface area contributed by atoms with Gasteiger partial charge in [-0.2, -0.15) is 0 Å². The maximum absolute atomic E-state index is 12.8. The standard InChI is InChI=1S/C20H22BrNO3/c1-11(2)25-20(24)17-12(3)22-15-8-5-9-16(23)19(15)18(17)13-6-4-7-14(21)10-13/h4,6-7,10-11,17-18,22H,3,5,8-9H2,1-2H3. The van der Waals surface area contributed by atoms with Crippen molar-refractivity contribution in [2.45, 2.75) is 45.1 Å². The maximum Gasteiger partial charge on any atom is 0.316 e. The first-order valence-corrected chi connectivity index (χ1v) is 9.35. The highest BCUT2D eigenvalue weighted by Gasteiger charge is 2.44. The Hall–Kier alpha value is -1.88. The lowest BCUT2D eigenvalue weighted by Crippen LogP contribution is -2.41. The van der Waals surface area contributed by atoms with E-state index in [1.807, 2.05) is 38.1 Å². The van der Waals surface area contributed by atoms with Crippen molar-refractivity contribution in [2.75, 3.05) is 0 Å². The van der Waals surface area contributed by atoms with Crippen LogP contribution in [0.4, 0.5) is 0 Å². The van der Waals surface area contributed by atoms with Crippen molar-refractivity contribution in [2.24, 2.45) is 5.92 Å². The van der Waals surface area contributed by atoms with E-state index in [4.69, 9.17) is 4.74 Å². The van der Waals surface area contributed by atoms with Crippen LogP contribution in [0, 0.1) is 5.92 Å². The Morgan fingerprint density at radius 2 is 2.12 bits per heavy atom. The number of benzene rings is 1. The number of Topliss-reactive ketones (excluding diaryl/α,β-unsaturated/α-hetero) is 1. The largest absolute Gasteiger partial charge is 0.462 e. The van der Waals surface area contributed by atoms with Gasteiger partial charge in [-0.1, -0.05) is 34.6 Å². The van der Waals surface area contributed by atoms with E-state index in [9.17, 15) is 9.59 Å². The van der Waals surface area contributed by atoms with E-state index in [1.165, 1.54) is 0 Å². The Morgan fingerprint density at radius 1 is 1.36 bits per heavy atom. The summed E-state index contributed by atoms with van der Waals surface area (Å²) in [7, 11) is 0. The van der Waals surface area contributed by atoms with Gasteiger partial charge < -0.3 is 10.1 Å². The number of esters is 1. The number of allylic oxidation sites excluding steroid dienone is 2. The molecule has 0 fully saturated rings. The molecule has 1 N–H and O–H groups in total. The van der Waals surface area contributed by atoms with Crippen molar-refractivity contribution in [3.05, 3.63) is 57.8 Å². The van der Waals surface area contributed by atoms with E-state index in [0.717, 1.165) is 28.6 Å². The molecule has 1 aliphatic heterocycles. The summed E-state index contributed by atoms with van der Waals surface area (Å²) in [4.78, 5) is 25.5. The second kappa shape index (κ2) is 7.16. The highest BCUT2D eigenvalue weighted by atomic mass is 79.9. The molecule has 3 rings (SSSR count). The zero-order valence-electron chi connectivity index (χ0n) is 14.5. The Kier molecular flexibility index (Phi) is 5.13. The van der Waals surface area contributed by atoms with E-state index >= 15 is 0 Å². The van der Waals surface area contributed by atoms with Gasteiger partial charge in [-0.25, -0.2) is 0 Å². The lowest BCUT2D eigenvalue weighted by atomic mass is 9.71. The maximum atomic E-state index is 12.8. The Labute approximate surface area is 156 Å². The molecular weight excluding hydrogens is 382 g/mol. The molecule has 0 saturated carbocycles. The van der Waals surface area contributed by atoms with Crippen molar-refractivity contribution in [1.82, 2.24) is 5.32 Å². The van der Waals surface area contributed by atoms with Gasteiger partial charge in [0.1, 0.15) is 5.92 Å². The fourth-order valence-electron chi connectivity index (χ4n) is 3.64. The summed E-state index contributed by atoms with van der Waals surface area (Å²) < 4.78 is 6.38. The number of rotatable bonds is 3. The normalized spacial score (nSPS) is 23.4. The molecule has 2 unspecified atom stereocenters. The fraction of sp³-hybridized carbons (Fsp3) is 0.400. The SMILES string of the molecule is C=C1NC2=C(C(=O)CCC2)C(c2cccc(Br)c2)C1C(=O)OC(C)C. The predicted molar refractivity (Wildman–Crippen MR) is 99.8 cm³/mol. The van der Waals surface area contributed by atoms with Gasteiger partial charge in [0.25, 0.3) is 0 Å². The van der Waals surface area contributed by atoms with Gasteiger partial charge in [0.05, 0.1) is 6.10 Å². The molecule has 25 heavy (non-hydrogen) atoms. The molecule has 2 atom stereocenters. The summed E-state index contributed by atoms with van der Waals surface area (Å²) in [6, 6.07) is 7.77. The molecule has 0 amide bonds. The third kappa shape index (κ3) is 3.56. The van der Waals surface area contributed by atoms with Crippen LogP contribution < -0.4 is 5.32 Å². The zero-order chi connectivity index (χ0) is 18.1. The number of carbonyl (C=O) groups is 2. The molecule has 0 spiro atoms. The predicted octanol–water partition coefficient (Wildman–Crippen LogP) is 4.22. The van der Waals surface area contributed by atoms with E-state index in [-0.39, 0.29) is 23.8 Å². The van der Waals surface area contributed by atoms with Crippen molar-refractivity contribution in [3.63, 3.8) is 0 Å². The summed E-state index contributed by atoms with van der Waals surface area (Å²) in [5.41, 5.74) is 3.14. The highest BCUT2D eigenvalue weighted by Crippen LogP contribution is 2.44. The van der Waals surface area contributed by atoms with Gasteiger partial charge in [-0.05, 0) is 44.4 Å². The average Bonchev–Trinajstić information content (AvgIpc) is 2.53. The van der Waals surface area contributed by atoms with Crippen LogP contribution in [0.3, 0.4) is 0 Å². The van der Waals surface area contributed by atoms with E-state index < -0.39 is 5.92 Å². The minimum absolute atomic E-state index is 0.105. The molecule has 5 heteroatoms. The molecule has 132 valence electrons. The molecule has 2 aliphatic rings. The van der Waals surface area contributed by atoms with Crippen molar-refractivity contribution in [3.8, 4) is 0 Å². The van der Waals surface area contributed by atoms with Crippen LogP contribution in [-0.4, -0.2) is 17.9 Å². The van der Waals surface area contributed by atoms with Crippen molar-refractivity contribution < 1.29 is 14.3 Å². The number of carbonyl (C=O) groups excluding carboxylic acids is 2. The molecule has 1 aromatic carbocycles. The topological polar surface area (TPSA) is 55.4 Å². The first-order valence-electron chi connectivity index (χ1n) is 8.56. The van der Waals surface area contributed by atoms with Gasteiger partial charge in [0.15, 0.2) is 5.78 Å². The Morgan fingerprint density at radius 3 is 2.80 bits per heavy atom. The third-order valence-electron chi connectivity index (χ3n) is 4.60. The number of ketones is 1. The Bertz CT molecular complexity index is 766. The number of hydrogen-bond donors (Lipinski definition) is 1. The number of ether oxygens (including phenoxy) is 1. The quantitative estimate of drug-likeness (QED) is 0.767. The Balaban J connectivity index is 2.13. The first-order chi connectivity index (χ1) is 11.9. The van der Waals surface area contributed by atoms with E-state index in [1.54, 1.807) is 0 Å². The lowest BCUT2D eigenvalue weighted by molar-refractivity contribution is -0.151. The minimum atomic E-state index is -0.613. The second-order valence-corrected chi connectivity index (χ2v) is 7.73. The number of nitrogens with one attached hydrogen (secondary N) is 1. The highest BCUT2D eigenvalue weighted by molar-refractivity contribution is 9.10. The second-order valence-electron chi connectivity index (χ2n) is 6.82. The van der Waals surface area contributed by atoms with Crippen LogP contribution in [0.25, 0.3) is 0 Å². The molecule has 0 saturated heterocycles. The van der Waals surface area contributed by atoms with Crippen LogP contribution in [0.15, 0.2) is 52.3 Å². The molecule has 1 aromatic rings. The van der Waals surface area contributed by atoms with Gasteiger partial charge in [-0.3, -0.25) is 9.59 Å². The van der Waals surface area contributed by atoms with Crippen LogP contribution in [0.2, 0.25) is 0 Å². The third-order valence-corrected chi connectivity index (χ3v) is 5.09. The van der Waals surface area contributed by atoms with Gasteiger partial charge in [0, 0.05) is 33.8 Å². The fourth-order valence-corrected chi connectivity index (χ4v) is 4.05. The number of halogens is 1. The summed E-state index contributed by atoms with van der Waals surface area (Å²) in [5.74, 6) is -1.21. The summed E-state index contributed by atoms with van der Waals surface area (Å²) in [6.07, 6.45) is 1.92. The van der Waals surface area contributed by atoms with Crippen molar-refractivity contribution in [1.29, 1.82) is 0 Å². The summed E-state index contributed by atoms with van der Waals surface area (Å²) in [5, 5.41) is 3.22. The van der Waals surface area contributed by atoms with Gasteiger partial charge in [-0.15, -0.1) is 0 Å². The van der Waals surface area contributed by atoms with Crippen LogP contribution in [0.5, 0.6) is 0 Å². The summed E-state index contributed by atoms with van der Waals surface area (Å²) in [6.45, 7) is 7.71. The molecule has 1 heterocycles. The minimum Gasteiger partial charge on any atom is -0.462 e. The van der Waals surface area contributed by atoms with Crippen LogP contribution in [-0.2, 0) is 14.3 Å². The number of hydrogen-bond acceptors (Lipinski definition) is 4. The molecule has 0 bridgehead atoms. The van der Waals surface area contributed by atoms with Crippen molar-refractivity contribution >= 4 is 27.7 Å². The average molecular weight is 404 g/mol. The monoisotopic (exact) mass is 403 g/mol. The molecule has 0 radical (unpaired) electrons. The smallest absolute Gasteiger partial charge is 0.316 e. The van der Waals surface area contributed by atoms with Crippen LogP contribution in [0.1, 0.15) is 44.6 Å². The molecular formula is C20H22BrNO3. The summed E-state index contributed by atoms with van der Waals surface area (Å²) >= 11 is 3.49. The molecule has 1 aliphatic carbocycles. The lowest BCUT2D eigenvalue weighted by Gasteiger charge is -2.38. The van der Waals surface area contributed by atoms with E-state index in [2.05, 4.69) is 27.8 Å².